The third-order valence-corrected chi connectivity index (χ3v) is 3.66. The molecular formula is C19H28N2O3. The first-order chi connectivity index (χ1) is 11.5. The highest BCUT2D eigenvalue weighted by Gasteiger charge is 2.30. The molecule has 0 heterocycles. The number of esters is 1. The number of rotatable bonds is 6. The highest BCUT2D eigenvalue weighted by atomic mass is 16.5. The Morgan fingerprint density at radius 3 is 2.38 bits per heavy atom. The molecule has 0 fully saturated rings. The first-order valence-electron chi connectivity index (χ1n) is 8.40. The lowest BCUT2D eigenvalue weighted by atomic mass is 9.96. The Hall–Kier alpha value is -2.14. The van der Waals surface area contributed by atoms with E-state index in [0.717, 1.165) is 12.8 Å². The fourth-order valence-electron chi connectivity index (χ4n) is 2.54. The minimum atomic E-state index is -0.621. The normalized spacial score (nSPS) is 14.0. The standard InChI is InChI=1S/C16H20N2O3.C3H8/c1-2-7-21-14(19)10-18-16(20)15(17)13-8-11-5-3-4-6-12(11)9-13;1-3-2/h2-6,13,15H,1,7-10,17H2,(H,18,20);3H2,1-2H3. The molecule has 1 amide bonds. The molecule has 0 aromatic heterocycles. The van der Waals surface area contributed by atoms with Crippen LogP contribution in [0, 0.1) is 5.92 Å². The summed E-state index contributed by atoms with van der Waals surface area (Å²) in [6.07, 6.45) is 4.32. The molecule has 0 spiro atoms. The third kappa shape index (κ3) is 6.16. The summed E-state index contributed by atoms with van der Waals surface area (Å²) in [4.78, 5) is 23.3. The number of amides is 1. The van der Waals surface area contributed by atoms with E-state index in [1.54, 1.807) is 0 Å². The Kier molecular flexibility index (Phi) is 8.79. The molecule has 1 unspecified atom stereocenters. The molecule has 24 heavy (non-hydrogen) atoms. The maximum Gasteiger partial charge on any atom is 0.325 e. The maximum atomic E-state index is 12.0. The molecule has 1 aromatic rings. The summed E-state index contributed by atoms with van der Waals surface area (Å²) in [5.41, 5.74) is 8.50. The van der Waals surface area contributed by atoms with Gasteiger partial charge < -0.3 is 15.8 Å². The number of carbonyl (C=O) groups excluding carboxylic acids is 2. The lowest BCUT2D eigenvalue weighted by molar-refractivity contribution is -0.143. The van der Waals surface area contributed by atoms with Crippen molar-refractivity contribution in [2.75, 3.05) is 13.2 Å². The summed E-state index contributed by atoms with van der Waals surface area (Å²) in [5, 5.41) is 2.52. The molecule has 3 N–H and O–H groups in total. The molecule has 132 valence electrons. The van der Waals surface area contributed by atoms with Crippen LogP contribution in [0.25, 0.3) is 0 Å². The minimum Gasteiger partial charge on any atom is -0.460 e. The predicted octanol–water partition coefficient (Wildman–Crippen LogP) is 1.99. The Morgan fingerprint density at radius 2 is 1.88 bits per heavy atom. The van der Waals surface area contributed by atoms with Crippen LogP contribution >= 0.6 is 0 Å². The van der Waals surface area contributed by atoms with E-state index in [-0.39, 0.29) is 25.0 Å². The molecule has 0 saturated heterocycles. The minimum absolute atomic E-state index is 0.0756. The molecule has 1 aliphatic carbocycles. The van der Waals surface area contributed by atoms with Crippen LogP contribution in [0.3, 0.4) is 0 Å². The van der Waals surface area contributed by atoms with E-state index >= 15 is 0 Å². The van der Waals surface area contributed by atoms with Gasteiger partial charge in [-0.25, -0.2) is 0 Å². The number of nitrogens with one attached hydrogen (secondary N) is 1. The molecule has 1 aromatic carbocycles. The zero-order valence-electron chi connectivity index (χ0n) is 14.6. The second-order valence-electron chi connectivity index (χ2n) is 5.86. The van der Waals surface area contributed by atoms with Crippen LogP contribution in [0.2, 0.25) is 0 Å². The van der Waals surface area contributed by atoms with E-state index in [4.69, 9.17) is 10.5 Å². The first kappa shape index (κ1) is 19.9. The SMILES string of the molecule is C=CCOC(=O)CNC(=O)C(N)C1Cc2ccccc2C1.CCC. The van der Waals surface area contributed by atoms with Gasteiger partial charge in [-0.3, -0.25) is 9.59 Å². The number of nitrogens with two attached hydrogens (primary N) is 1. The number of benzene rings is 1. The number of carbonyl (C=O) groups is 2. The highest BCUT2D eigenvalue weighted by Crippen LogP contribution is 2.28. The molecule has 0 radical (unpaired) electrons. The molecule has 0 bridgehead atoms. The quantitative estimate of drug-likeness (QED) is 0.616. The zero-order chi connectivity index (χ0) is 17.9. The maximum absolute atomic E-state index is 12.0. The molecule has 5 nitrogen and oxygen atoms in total. The van der Waals surface area contributed by atoms with E-state index in [9.17, 15) is 9.59 Å². The van der Waals surface area contributed by atoms with Crippen LogP contribution in [0.5, 0.6) is 0 Å². The molecule has 5 heteroatoms. The van der Waals surface area contributed by atoms with Crippen molar-refractivity contribution in [3.05, 3.63) is 48.0 Å². The van der Waals surface area contributed by atoms with Gasteiger partial charge in [-0.2, -0.15) is 0 Å². The van der Waals surface area contributed by atoms with E-state index in [1.165, 1.54) is 23.6 Å². The van der Waals surface area contributed by atoms with E-state index < -0.39 is 12.0 Å². The van der Waals surface area contributed by atoms with Crippen molar-refractivity contribution in [3.8, 4) is 0 Å². The average molecular weight is 332 g/mol. The molecule has 1 atom stereocenters. The number of hydrogen-bond donors (Lipinski definition) is 2. The topological polar surface area (TPSA) is 81.4 Å². The van der Waals surface area contributed by atoms with Gasteiger partial charge in [0, 0.05) is 0 Å². The fourth-order valence-corrected chi connectivity index (χ4v) is 2.54. The van der Waals surface area contributed by atoms with Gasteiger partial charge in [0.2, 0.25) is 5.91 Å². The lowest BCUT2D eigenvalue weighted by Gasteiger charge is -2.18. The van der Waals surface area contributed by atoms with Gasteiger partial charge in [-0.1, -0.05) is 57.2 Å². The van der Waals surface area contributed by atoms with Crippen LogP contribution in [0.4, 0.5) is 0 Å². The van der Waals surface area contributed by atoms with Crippen LogP contribution in [0.15, 0.2) is 36.9 Å². The van der Waals surface area contributed by atoms with Gasteiger partial charge in [0.1, 0.15) is 13.2 Å². The highest BCUT2D eigenvalue weighted by molar-refractivity contribution is 5.85. The monoisotopic (exact) mass is 332 g/mol. The average Bonchev–Trinajstić information content (AvgIpc) is 3.01. The van der Waals surface area contributed by atoms with Gasteiger partial charge in [0.15, 0.2) is 0 Å². The second kappa shape index (κ2) is 10.6. The van der Waals surface area contributed by atoms with Crippen molar-refractivity contribution in [3.63, 3.8) is 0 Å². The van der Waals surface area contributed by atoms with E-state index in [1.807, 2.05) is 12.1 Å². The number of hydrogen-bond acceptors (Lipinski definition) is 4. The number of ether oxygens (including phenoxy) is 1. The van der Waals surface area contributed by atoms with Crippen LogP contribution in [-0.4, -0.2) is 31.1 Å². The Bertz CT molecular complexity index is 532. The summed E-state index contributed by atoms with van der Waals surface area (Å²) >= 11 is 0. The van der Waals surface area contributed by atoms with E-state index in [2.05, 4.69) is 37.9 Å². The third-order valence-electron chi connectivity index (χ3n) is 3.66. The largest absolute Gasteiger partial charge is 0.460 e. The van der Waals surface area contributed by atoms with Crippen LogP contribution in [-0.2, 0) is 27.2 Å². The van der Waals surface area contributed by atoms with Gasteiger partial charge in [-0.05, 0) is 29.9 Å². The molecule has 0 aliphatic heterocycles. The Morgan fingerprint density at radius 1 is 1.33 bits per heavy atom. The van der Waals surface area contributed by atoms with Crippen molar-refractivity contribution in [1.82, 2.24) is 5.32 Å². The first-order valence-corrected chi connectivity index (χ1v) is 8.40. The molecular weight excluding hydrogens is 304 g/mol. The zero-order valence-corrected chi connectivity index (χ0v) is 14.6. The van der Waals surface area contributed by atoms with Crippen LogP contribution < -0.4 is 11.1 Å². The van der Waals surface area contributed by atoms with Gasteiger partial charge in [0.25, 0.3) is 0 Å². The summed E-state index contributed by atoms with van der Waals surface area (Å²) in [6, 6.07) is 7.48. The van der Waals surface area contributed by atoms with Crippen molar-refractivity contribution in [1.29, 1.82) is 0 Å². The van der Waals surface area contributed by atoms with E-state index in [0.29, 0.717) is 0 Å². The van der Waals surface area contributed by atoms with Gasteiger partial charge in [-0.15, -0.1) is 0 Å². The van der Waals surface area contributed by atoms with Crippen molar-refractivity contribution < 1.29 is 14.3 Å². The molecule has 0 saturated carbocycles. The predicted molar refractivity (Wildman–Crippen MR) is 95.4 cm³/mol. The molecule has 1 aliphatic rings. The summed E-state index contributed by atoms with van der Waals surface area (Å²) < 4.78 is 4.78. The van der Waals surface area contributed by atoms with Crippen molar-refractivity contribution in [2.24, 2.45) is 11.7 Å². The Labute approximate surface area is 144 Å². The van der Waals surface area contributed by atoms with Crippen LogP contribution in [0.1, 0.15) is 31.4 Å². The number of fused-ring (bicyclic) bond motifs is 1. The van der Waals surface area contributed by atoms with Gasteiger partial charge in [0.05, 0.1) is 6.04 Å². The smallest absolute Gasteiger partial charge is 0.325 e. The second-order valence-corrected chi connectivity index (χ2v) is 5.86. The summed E-state index contributed by atoms with van der Waals surface area (Å²) in [6.45, 7) is 7.66. The molecule has 2 rings (SSSR count). The summed E-state index contributed by atoms with van der Waals surface area (Å²) in [5.74, 6) is -0.736. The van der Waals surface area contributed by atoms with Crippen molar-refractivity contribution >= 4 is 11.9 Å². The fraction of sp³-hybridized carbons (Fsp3) is 0.474. The lowest BCUT2D eigenvalue weighted by Crippen LogP contribution is -2.47. The van der Waals surface area contributed by atoms with Gasteiger partial charge >= 0.3 is 5.97 Å². The van der Waals surface area contributed by atoms with Crippen molar-refractivity contribution in [2.45, 2.75) is 39.2 Å². The Balaban J connectivity index is 0.000000891. The summed E-state index contributed by atoms with van der Waals surface area (Å²) in [7, 11) is 0.